The first kappa shape index (κ1) is 21.7. The molecule has 3 aromatic carbocycles. The Hall–Kier alpha value is -3.52. The molecule has 1 atom stereocenters. The van der Waals surface area contributed by atoms with E-state index in [1.165, 1.54) is 11.4 Å². The fourth-order valence-electron chi connectivity index (χ4n) is 3.60. The van der Waals surface area contributed by atoms with Crippen molar-refractivity contribution in [3.63, 3.8) is 0 Å². The molecule has 0 aliphatic carbocycles. The maximum atomic E-state index is 13.3. The summed E-state index contributed by atoms with van der Waals surface area (Å²) in [7, 11) is -2.24. The van der Waals surface area contributed by atoms with Crippen molar-refractivity contribution in [3.05, 3.63) is 83.9 Å². The lowest BCUT2D eigenvalue weighted by Crippen LogP contribution is -2.49. The second kappa shape index (κ2) is 8.92. The molecule has 1 aliphatic rings. The molecule has 0 aromatic heterocycles. The van der Waals surface area contributed by atoms with Gasteiger partial charge in [0.15, 0.2) is 6.10 Å². The quantitative estimate of drug-likeness (QED) is 0.616. The molecule has 0 fully saturated rings. The van der Waals surface area contributed by atoms with Gasteiger partial charge < -0.3 is 14.8 Å². The Bertz CT molecular complexity index is 1230. The van der Waals surface area contributed by atoms with Gasteiger partial charge in [-0.05, 0) is 42.3 Å². The average Bonchev–Trinajstić information content (AvgIpc) is 2.79. The summed E-state index contributed by atoms with van der Waals surface area (Å²) in [5, 5.41) is 2.81. The highest BCUT2D eigenvalue weighted by Crippen LogP contribution is 2.36. The highest BCUT2D eigenvalue weighted by Gasteiger charge is 2.37. The van der Waals surface area contributed by atoms with E-state index >= 15 is 0 Å². The third kappa shape index (κ3) is 4.55. The Labute approximate surface area is 187 Å². The van der Waals surface area contributed by atoms with Crippen molar-refractivity contribution >= 4 is 27.3 Å². The molecule has 7 nitrogen and oxygen atoms in total. The van der Waals surface area contributed by atoms with E-state index in [2.05, 4.69) is 5.32 Å². The van der Waals surface area contributed by atoms with Crippen molar-refractivity contribution < 1.29 is 22.7 Å². The van der Waals surface area contributed by atoms with E-state index in [1.807, 2.05) is 19.1 Å². The second-order valence-corrected chi connectivity index (χ2v) is 9.43. The predicted octanol–water partition coefficient (Wildman–Crippen LogP) is 3.74. The zero-order valence-corrected chi connectivity index (χ0v) is 18.6. The minimum atomic E-state index is -3.76. The number of nitrogens with one attached hydrogen (secondary N) is 1. The van der Waals surface area contributed by atoms with Gasteiger partial charge in [-0.3, -0.25) is 9.10 Å². The number of amides is 1. The third-order valence-electron chi connectivity index (χ3n) is 5.17. The number of hydrogen-bond donors (Lipinski definition) is 1. The van der Waals surface area contributed by atoms with Crippen molar-refractivity contribution in [2.45, 2.75) is 18.8 Å². The van der Waals surface area contributed by atoms with Gasteiger partial charge in [0.1, 0.15) is 11.5 Å². The number of para-hydroxylation sites is 2. The summed E-state index contributed by atoms with van der Waals surface area (Å²) < 4.78 is 39.1. The minimum Gasteiger partial charge on any atom is -0.495 e. The van der Waals surface area contributed by atoms with Crippen molar-refractivity contribution in [1.82, 2.24) is 0 Å². The number of anilines is 2. The molecule has 0 bridgehead atoms. The Balaban J connectivity index is 1.62. The van der Waals surface area contributed by atoms with E-state index in [0.29, 0.717) is 28.4 Å². The summed E-state index contributed by atoms with van der Waals surface area (Å²) in [6, 6.07) is 21.2. The molecule has 32 heavy (non-hydrogen) atoms. The fraction of sp³-hybridized carbons (Fsp3) is 0.208. The van der Waals surface area contributed by atoms with Crippen LogP contribution < -0.4 is 19.1 Å². The Kier molecular flexibility index (Phi) is 6.05. The van der Waals surface area contributed by atoms with E-state index in [0.717, 1.165) is 5.56 Å². The number of sulfonamides is 1. The first-order valence-electron chi connectivity index (χ1n) is 10.1. The number of ether oxygens (including phenoxy) is 2. The van der Waals surface area contributed by atoms with Crippen LogP contribution in [0.5, 0.6) is 11.5 Å². The van der Waals surface area contributed by atoms with Crippen LogP contribution in [0.2, 0.25) is 0 Å². The summed E-state index contributed by atoms with van der Waals surface area (Å²) >= 11 is 0. The average molecular weight is 453 g/mol. The topological polar surface area (TPSA) is 84.9 Å². The molecule has 1 heterocycles. The van der Waals surface area contributed by atoms with Crippen LogP contribution in [-0.4, -0.2) is 34.1 Å². The molecule has 4 rings (SSSR count). The Morgan fingerprint density at radius 1 is 1.09 bits per heavy atom. The molecule has 1 unspecified atom stereocenters. The monoisotopic (exact) mass is 452 g/mol. The van der Waals surface area contributed by atoms with Crippen molar-refractivity contribution in [1.29, 1.82) is 0 Å². The van der Waals surface area contributed by atoms with Crippen LogP contribution >= 0.6 is 0 Å². The smallest absolute Gasteiger partial charge is 0.267 e. The molecule has 1 amide bonds. The standard InChI is InChI=1S/C24H24N2O5S/c1-17-12-13-21(30-2)19(14-17)25-24(27)23-15-26(20-10-6-7-11-22(20)31-23)32(28,29)16-18-8-4-3-5-9-18/h3-14,23H,15-16H2,1-2H3,(H,25,27). The molecule has 3 aromatic rings. The molecule has 0 saturated carbocycles. The van der Waals surface area contributed by atoms with Crippen molar-refractivity contribution in [2.75, 3.05) is 23.3 Å². The number of rotatable bonds is 6. The molecule has 1 N–H and O–H groups in total. The normalized spacial score (nSPS) is 15.4. The zero-order chi connectivity index (χ0) is 22.7. The van der Waals surface area contributed by atoms with Crippen LogP contribution in [0.15, 0.2) is 72.8 Å². The van der Waals surface area contributed by atoms with Gasteiger partial charge in [-0.25, -0.2) is 8.42 Å². The highest BCUT2D eigenvalue weighted by atomic mass is 32.2. The first-order chi connectivity index (χ1) is 15.4. The van der Waals surface area contributed by atoms with Crippen LogP contribution in [-0.2, 0) is 20.6 Å². The summed E-state index contributed by atoms with van der Waals surface area (Å²) in [5.41, 5.74) is 2.53. The second-order valence-electron chi connectivity index (χ2n) is 7.54. The van der Waals surface area contributed by atoms with E-state index in [9.17, 15) is 13.2 Å². The lowest BCUT2D eigenvalue weighted by atomic mass is 10.2. The van der Waals surface area contributed by atoms with Crippen molar-refractivity contribution in [3.8, 4) is 11.5 Å². The van der Waals surface area contributed by atoms with Crippen LogP contribution in [0, 0.1) is 6.92 Å². The summed E-state index contributed by atoms with van der Waals surface area (Å²) in [4.78, 5) is 13.1. The summed E-state index contributed by atoms with van der Waals surface area (Å²) in [5.74, 6) is 0.214. The Morgan fingerprint density at radius 2 is 1.81 bits per heavy atom. The molecule has 1 aliphatic heterocycles. The Morgan fingerprint density at radius 3 is 2.56 bits per heavy atom. The van der Waals surface area contributed by atoms with Crippen LogP contribution in [0.3, 0.4) is 0 Å². The number of carbonyl (C=O) groups is 1. The van der Waals surface area contributed by atoms with Gasteiger partial charge in [0.05, 0.1) is 30.8 Å². The van der Waals surface area contributed by atoms with E-state index < -0.39 is 22.0 Å². The van der Waals surface area contributed by atoms with Gasteiger partial charge in [0.2, 0.25) is 10.0 Å². The molecular formula is C24H24N2O5S. The number of methoxy groups -OCH3 is 1. The maximum Gasteiger partial charge on any atom is 0.267 e. The highest BCUT2D eigenvalue weighted by molar-refractivity contribution is 7.92. The van der Waals surface area contributed by atoms with E-state index in [1.54, 1.807) is 60.7 Å². The zero-order valence-electron chi connectivity index (χ0n) is 17.8. The lowest BCUT2D eigenvalue weighted by molar-refractivity contribution is -0.122. The number of hydrogen-bond acceptors (Lipinski definition) is 5. The van der Waals surface area contributed by atoms with Gasteiger partial charge in [-0.15, -0.1) is 0 Å². The van der Waals surface area contributed by atoms with E-state index in [4.69, 9.17) is 9.47 Å². The number of nitrogens with zero attached hydrogens (tertiary/aromatic N) is 1. The number of aryl methyl sites for hydroxylation is 1. The van der Waals surface area contributed by atoms with Gasteiger partial charge in [-0.2, -0.15) is 0 Å². The van der Waals surface area contributed by atoms with Crippen LogP contribution in [0.25, 0.3) is 0 Å². The maximum absolute atomic E-state index is 13.3. The van der Waals surface area contributed by atoms with Gasteiger partial charge in [-0.1, -0.05) is 48.5 Å². The molecule has 8 heteroatoms. The van der Waals surface area contributed by atoms with Gasteiger partial charge in [0, 0.05) is 0 Å². The van der Waals surface area contributed by atoms with Crippen LogP contribution in [0.1, 0.15) is 11.1 Å². The molecule has 166 valence electrons. The number of benzene rings is 3. The lowest BCUT2D eigenvalue weighted by Gasteiger charge is -2.34. The molecule has 0 radical (unpaired) electrons. The molecule has 0 spiro atoms. The first-order valence-corrected chi connectivity index (χ1v) is 11.7. The predicted molar refractivity (Wildman–Crippen MR) is 124 cm³/mol. The van der Waals surface area contributed by atoms with Crippen molar-refractivity contribution in [2.24, 2.45) is 0 Å². The summed E-state index contributed by atoms with van der Waals surface area (Å²) in [6.45, 7) is 1.77. The van der Waals surface area contributed by atoms with E-state index in [-0.39, 0.29) is 12.3 Å². The number of fused-ring (bicyclic) bond motifs is 1. The molecular weight excluding hydrogens is 428 g/mol. The summed E-state index contributed by atoms with van der Waals surface area (Å²) in [6.07, 6.45) is -1.03. The van der Waals surface area contributed by atoms with Crippen LogP contribution in [0.4, 0.5) is 11.4 Å². The van der Waals surface area contributed by atoms with Gasteiger partial charge in [0.25, 0.3) is 5.91 Å². The van der Waals surface area contributed by atoms with Gasteiger partial charge >= 0.3 is 0 Å². The largest absolute Gasteiger partial charge is 0.495 e. The number of carbonyl (C=O) groups excluding carboxylic acids is 1. The fourth-order valence-corrected chi connectivity index (χ4v) is 5.18. The third-order valence-corrected chi connectivity index (χ3v) is 6.88. The minimum absolute atomic E-state index is 0.133. The molecule has 0 saturated heterocycles. The SMILES string of the molecule is COc1ccc(C)cc1NC(=O)C1CN(S(=O)(=O)Cc2ccccc2)c2ccccc2O1.